The Morgan fingerprint density at radius 1 is 1.24 bits per heavy atom. The summed E-state index contributed by atoms with van der Waals surface area (Å²) in [6.45, 7) is 10.9. The van der Waals surface area contributed by atoms with E-state index in [-0.39, 0.29) is 6.29 Å². The molecule has 1 heterocycles. The van der Waals surface area contributed by atoms with Crippen molar-refractivity contribution in [3.63, 3.8) is 0 Å². The number of nitrogens with two attached hydrogens (primary N) is 1. The van der Waals surface area contributed by atoms with Crippen LogP contribution in [0.2, 0.25) is 0 Å². The molecular weight excluding hydrogens is 216 g/mol. The number of hydrogen-bond acceptors (Lipinski definition) is 4. The molecule has 1 saturated heterocycles. The molecule has 2 unspecified atom stereocenters. The van der Waals surface area contributed by atoms with E-state index >= 15 is 0 Å². The van der Waals surface area contributed by atoms with Gasteiger partial charge in [-0.15, -0.1) is 0 Å². The summed E-state index contributed by atoms with van der Waals surface area (Å²) < 4.78 is 11.1. The first-order valence-corrected chi connectivity index (χ1v) is 6.86. The monoisotopic (exact) mass is 244 g/mol. The van der Waals surface area contributed by atoms with Gasteiger partial charge < -0.3 is 20.1 Å². The minimum Gasteiger partial charge on any atom is -0.353 e. The fourth-order valence-corrected chi connectivity index (χ4v) is 2.57. The van der Waals surface area contributed by atoms with Crippen LogP contribution in [0.1, 0.15) is 33.6 Å². The Kier molecular flexibility index (Phi) is 7.04. The van der Waals surface area contributed by atoms with Gasteiger partial charge in [0.25, 0.3) is 0 Å². The fraction of sp³-hybridized carbons (Fsp3) is 1.00. The highest BCUT2D eigenvalue weighted by Crippen LogP contribution is 2.15. The van der Waals surface area contributed by atoms with Crippen molar-refractivity contribution in [2.24, 2.45) is 11.7 Å². The summed E-state index contributed by atoms with van der Waals surface area (Å²) in [5, 5.41) is 0. The van der Waals surface area contributed by atoms with Crippen LogP contribution < -0.4 is 5.73 Å². The molecule has 0 aromatic heterocycles. The smallest absolute Gasteiger partial charge is 0.158 e. The zero-order chi connectivity index (χ0) is 12.7. The molecule has 17 heavy (non-hydrogen) atoms. The van der Waals surface area contributed by atoms with E-state index in [1.165, 1.54) is 0 Å². The molecule has 4 nitrogen and oxygen atoms in total. The molecule has 4 heteroatoms. The minimum absolute atomic E-state index is 0.0570. The first-order chi connectivity index (χ1) is 8.15. The Bertz CT molecular complexity index is 186. The van der Waals surface area contributed by atoms with E-state index in [0.29, 0.717) is 25.2 Å². The summed E-state index contributed by atoms with van der Waals surface area (Å²) in [6.07, 6.45) is 2.02. The van der Waals surface area contributed by atoms with Crippen molar-refractivity contribution in [1.82, 2.24) is 4.90 Å². The summed E-state index contributed by atoms with van der Waals surface area (Å²) in [6, 6.07) is 0.330. The van der Waals surface area contributed by atoms with Crippen molar-refractivity contribution in [2.75, 3.05) is 32.8 Å². The molecule has 2 atom stereocenters. The van der Waals surface area contributed by atoms with Crippen LogP contribution in [-0.4, -0.2) is 50.1 Å². The molecular formula is C13H28N2O2. The lowest BCUT2D eigenvalue weighted by Gasteiger charge is -2.35. The number of likely N-dealkylation sites (tertiary alicyclic amines) is 1. The van der Waals surface area contributed by atoms with Crippen LogP contribution in [0, 0.1) is 5.92 Å². The van der Waals surface area contributed by atoms with E-state index in [1.54, 1.807) is 0 Å². The molecule has 1 aliphatic heterocycles. The number of piperidine rings is 1. The van der Waals surface area contributed by atoms with Crippen LogP contribution in [0.4, 0.5) is 0 Å². The maximum atomic E-state index is 6.04. The highest BCUT2D eigenvalue weighted by atomic mass is 16.7. The maximum absolute atomic E-state index is 6.04. The molecule has 2 N–H and O–H groups in total. The highest BCUT2D eigenvalue weighted by Gasteiger charge is 2.22. The van der Waals surface area contributed by atoms with E-state index in [9.17, 15) is 0 Å². The third kappa shape index (κ3) is 5.82. The number of nitrogens with zero attached hydrogens (tertiary/aromatic N) is 1. The van der Waals surface area contributed by atoms with Crippen LogP contribution >= 0.6 is 0 Å². The normalized spacial score (nSPS) is 26.6. The topological polar surface area (TPSA) is 47.7 Å². The summed E-state index contributed by atoms with van der Waals surface area (Å²) >= 11 is 0. The van der Waals surface area contributed by atoms with Gasteiger partial charge in [0.05, 0.1) is 0 Å². The molecule has 0 aromatic rings. The lowest BCUT2D eigenvalue weighted by molar-refractivity contribution is -0.142. The lowest BCUT2D eigenvalue weighted by atomic mass is 9.96. The van der Waals surface area contributed by atoms with Crippen molar-refractivity contribution in [1.29, 1.82) is 0 Å². The van der Waals surface area contributed by atoms with Gasteiger partial charge in [-0.25, -0.2) is 0 Å². The Morgan fingerprint density at radius 2 is 1.88 bits per heavy atom. The minimum atomic E-state index is -0.0570. The van der Waals surface area contributed by atoms with Gasteiger partial charge in [-0.3, -0.25) is 0 Å². The van der Waals surface area contributed by atoms with E-state index in [0.717, 1.165) is 32.5 Å². The van der Waals surface area contributed by atoms with Crippen molar-refractivity contribution in [3.05, 3.63) is 0 Å². The van der Waals surface area contributed by atoms with Crippen LogP contribution in [-0.2, 0) is 9.47 Å². The quantitative estimate of drug-likeness (QED) is 0.689. The summed E-state index contributed by atoms with van der Waals surface area (Å²) in [5.74, 6) is 0.705. The van der Waals surface area contributed by atoms with Crippen LogP contribution in [0.15, 0.2) is 0 Å². The lowest BCUT2D eigenvalue weighted by Crippen LogP contribution is -2.47. The molecule has 0 amide bonds. The Hall–Kier alpha value is -0.160. The Balaban J connectivity index is 2.27. The van der Waals surface area contributed by atoms with Gasteiger partial charge in [0, 0.05) is 45.3 Å². The maximum Gasteiger partial charge on any atom is 0.158 e. The van der Waals surface area contributed by atoms with Crippen molar-refractivity contribution in [3.8, 4) is 0 Å². The first-order valence-electron chi connectivity index (χ1n) is 6.86. The average Bonchev–Trinajstić information content (AvgIpc) is 2.25. The molecule has 0 radical (unpaired) electrons. The fourth-order valence-electron chi connectivity index (χ4n) is 2.57. The predicted octanol–water partition coefficient (Wildman–Crippen LogP) is 1.44. The zero-order valence-corrected chi connectivity index (χ0v) is 11.5. The van der Waals surface area contributed by atoms with E-state index in [1.807, 2.05) is 13.8 Å². The number of hydrogen-bond donors (Lipinski definition) is 1. The molecule has 0 aliphatic carbocycles. The zero-order valence-electron chi connectivity index (χ0n) is 11.5. The van der Waals surface area contributed by atoms with Crippen LogP contribution in [0.3, 0.4) is 0 Å². The van der Waals surface area contributed by atoms with Crippen LogP contribution in [0.25, 0.3) is 0 Å². The molecule has 1 fully saturated rings. The highest BCUT2D eigenvalue weighted by molar-refractivity contribution is 4.79. The number of rotatable bonds is 7. The van der Waals surface area contributed by atoms with Gasteiger partial charge in [0.15, 0.2) is 6.29 Å². The SMILES string of the molecule is CCOC(CCN1CC(C)CC(N)C1)OCC. The summed E-state index contributed by atoms with van der Waals surface area (Å²) in [7, 11) is 0. The van der Waals surface area contributed by atoms with Gasteiger partial charge in [0.2, 0.25) is 0 Å². The predicted molar refractivity (Wildman–Crippen MR) is 69.9 cm³/mol. The molecule has 0 saturated carbocycles. The molecule has 102 valence electrons. The summed E-state index contributed by atoms with van der Waals surface area (Å²) in [4.78, 5) is 2.43. The van der Waals surface area contributed by atoms with Crippen molar-refractivity contribution < 1.29 is 9.47 Å². The van der Waals surface area contributed by atoms with E-state index < -0.39 is 0 Å². The second-order valence-electron chi connectivity index (χ2n) is 4.99. The van der Waals surface area contributed by atoms with Gasteiger partial charge in [-0.1, -0.05) is 6.92 Å². The molecule has 0 bridgehead atoms. The Morgan fingerprint density at radius 3 is 2.41 bits per heavy atom. The molecule has 1 rings (SSSR count). The average molecular weight is 244 g/mol. The van der Waals surface area contributed by atoms with Crippen molar-refractivity contribution in [2.45, 2.75) is 45.9 Å². The number of ether oxygens (including phenoxy) is 2. The Labute approximate surface area is 105 Å². The van der Waals surface area contributed by atoms with E-state index in [4.69, 9.17) is 15.2 Å². The van der Waals surface area contributed by atoms with Gasteiger partial charge in [-0.2, -0.15) is 0 Å². The van der Waals surface area contributed by atoms with Crippen LogP contribution in [0.5, 0.6) is 0 Å². The molecule has 0 spiro atoms. The third-order valence-electron chi connectivity index (χ3n) is 3.15. The van der Waals surface area contributed by atoms with Gasteiger partial charge >= 0.3 is 0 Å². The third-order valence-corrected chi connectivity index (χ3v) is 3.15. The first kappa shape index (κ1) is 14.9. The molecule has 0 aromatic carbocycles. The molecule has 1 aliphatic rings. The van der Waals surface area contributed by atoms with Crippen molar-refractivity contribution >= 4 is 0 Å². The van der Waals surface area contributed by atoms with Gasteiger partial charge in [0.1, 0.15) is 0 Å². The standard InChI is InChI=1S/C13H28N2O2/c1-4-16-13(17-5-2)6-7-15-9-11(3)8-12(14)10-15/h11-13H,4-10,14H2,1-3H3. The van der Waals surface area contributed by atoms with Gasteiger partial charge in [-0.05, 0) is 26.2 Å². The second-order valence-corrected chi connectivity index (χ2v) is 4.99. The second kappa shape index (κ2) is 8.03. The van der Waals surface area contributed by atoms with E-state index in [2.05, 4.69) is 11.8 Å². The summed E-state index contributed by atoms with van der Waals surface area (Å²) in [5.41, 5.74) is 6.04. The largest absolute Gasteiger partial charge is 0.353 e.